The van der Waals surface area contributed by atoms with Crippen molar-refractivity contribution in [2.45, 2.75) is 13.5 Å². The molecule has 2 N–H and O–H groups in total. The number of ether oxygens (including phenoxy) is 2. The fourth-order valence-corrected chi connectivity index (χ4v) is 2.06. The second-order valence-electron chi connectivity index (χ2n) is 5.06. The van der Waals surface area contributed by atoms with Gasteiger partial charge in [-0.25, -0.2) is 9.78 Å². The summed E-state index contributed by atoms with van der Waals surface area (Å²) in [6.45, 7) is 2.32. The van der Waals surface area contributed by atoms with E-state index in [-0.39, 0.29) is 18.1 Å². The van der Waals surface area contributed by atoms with Crippen LogP contribution < -0.4 is 25.7 Å². The van der Waals surface area contributed by atoms with Crippen molar-refractivity contribution >= 4 is 11.7 Å². The minimum absolute atomic E-state index is 0.121. The molecule has 0 atom stereocenters. The molecule has 1 heterocycles. The molecule has 128 valence electrons. The van der Waals surface area contributed by atoms with Crippen LogP contribution in [0.5, 0.6) is 11.5 Å². The third kappa shape index (κ3) is 4.48. The van der Waals surface area contributed by atoms with Gasteiger partial charge >= 0.3 is 6.03 Å². The van der Waals surface area contributed by atoms with Crippen molar-refractivity contribution in [3.63, 3.8) is 0 Å². The maximum Gasteiger partial charge on any atom is 0.319 e. The summed E-state index contributed by atoms with van der Waals surface area (Å²) in [6.07, 6.45) is 2.96. The van der Waals surface area contributed by atoms with Crippen molar-refractivity contribution < 1.29 is 14.3 Å². The number of hydrogen-bond acceptors (Lipinski definition) is 5. The Balaban J connectivity index is 1.92. The molecule has 2 amide bonds. The summed E-state index contributed by atoms with van der Waals surface area (Å²) in [5, 5.41) is 5.37. The minimum atomic E-state index is -0.390. The Morgan fingerprint density at radius 3 is 2.50 bits per heavy atom. The lowest BCUT2D eigenvalue weighted by molar-refractivity contribution is 0.251. The number of anilines is 1. The number of aromatic nitrogens is 2. The molecular weight excluding hydrogens is 312 g/mol. The highest BCUT2D eigenvalue weighted by molar-refractivity contribution is 5.89. The molecule has 0 bridgehead atoms. The van der Waals surface area contributed by atoms with Crippen LogP contribution in [0.15, 0.2) is 35.5 Å². The van der Waals surface area contributed by atoms with Gasteiger partial charge < -0.3 is 20.1 Å². The number of nitrogens with one attached hydrogen (secondary N) is 2. The highest BCUT2D eigenvalue weighted by Gasteiger charge is 2.06. The van der Waals surface area contributed by atoms with Gasteiger partial charge in [-0.15, -0.1) is 0 Å². The fourth-order valence-electron chi connectivity index (χ4n) is 2.06. The Labute approximate surface area is 139 Å². The summed E-state index contributed by atoms with van der Waals surface area (Å²) in [6, 6.07) is 4.67. The summed E-state index contributed by atoms with van der Waals surface area (Å²) in [5.74, 6) is 1.14. The number of urea groups is 1. The second-order valence-corrected chi connectivity index (χ2v) is 5.06. The van der Waals surface area contributed by atoms with Crippen LogP contribution >= 0.6 is 0 Å². The molecule has 2 rings (SSSR count). The molecule has 24 heavy (non-hydrogen) atoms. The molecule has 8 nitrogen and oxygen atoms in total. The molecule has 0 saturated heterocycles. The van der Waals surface area contributed by atoms with Gasteiger partial charge in [0, 0.05) is 48.7 Å². The van der Waals surface area contributed by atoms with Crippen LogP contribution in [0, 0.1) is 6.92 Å². The van der Waals surface area contributed by atoms with Gasteiger partial charge in [-0.05, 0) is 6.92 Å². The van der Waals surface area contributed by atoms with Gasteiger partial charge in [0.1, 0.15) is 11.5 Å². The van der Waals surface area contributed by atoms with Crippen molar-refractivity contribution in [3.05, 3.63) is 46.6 Å². The van der Waals surface area contributed by atoms with Crippen LogP contribution in [0.2, 0.25) is 0 Å². The van der Waals surface area contributed by atoms with E-state index in [1.54, 1.807) is 25.1 Å². The number of hydrogen-bond donors (Lipinski definition) is 2. The van der Waals surface area contributed by atoms with Gasteiger partial charge in [-0.3, -0.25) is 9.36 Å². The lowest BCUT2D eigenvalue weighted by atomic mass is 10.3. The molecule has 2 aromatic rings. The number of methoxy groups -OCH3 is 2. The van der Waals surface area contributed by atoms with E-state index in [0.717, 1.165) is 0 Å². The topological polar surface area (TPSA) is 94.5 Å². The Morgan fingerprint density at radius 1 is 1.21 bits per heavy atom. The number of carbonyl (C=O) groups excluding carboxylic acids is 1. The van der Waals surface area contributed by atoms with E-state index >= 15 is 0 Å². The first kappa shape index (κ1) is 17.3. The molecule has 8 heteroatoms. The number of amides is 2. The SMILES string of the molecule is COc1cc(NC(=O)NCCn2cncc(C)c2=O)cc(OC)c1. The Morgan fingerprint density at radius 2 is 1.88 bits per heavy atom. The first-order chi connectivity index (χ1) is 11.5. The van der Waals surface area contributed by atoms with Gasteiger partial charge in [0.05, 0.1) is 20.5 Å². The summed E-state index contributed by atoms with van der Waals surface area (Å²) >= 11 is 0. The molecule has 0 aliphatic rings. The van der Waals surface area contributed by atoms with Crippen molar-refractivity contribution in [2.24, 2.45) is 0 Å². The molecule has 0 radical (unpaired) electrons. The molecule has 0 aliphatic carbocycles. The van der Waals surface area contributed by atoms with Crippen LogP contribution in [0.1, 0.15) is 5.56 Å². The van der Waals surface area contributed by atoms with Crippen LogP contribution in [0.3, 0.4) is 0 Å². The number of rotatable bonds is 6. The largest absolute Gasteiger partial charge is 0.497 e. The monoisotopic (exact) mass is 332 g/mol. The normalized spacial score (nSPS) is 10.1. The Bertz CT molecular complexity index is 751. The van der Waals surface area contributed by atoms with Gasteiger partial charge in [-0.1, -0.05) is 0 Å². The van der Waals surface area contributed by atoms with E-state index in [1.807, 2.05) is 0 Å². The van der Waals surface area contributed by atoms with Crippen molar-refractivity contribution in [1.29, 1.82) is 0 Å². The number of aryl methyl sites for hydroxylation is 1. The van der Waals surface area contributed by atoms with Crippen LogP contribution in [0.25, 0.3) is 0 Å². The van der Waals surface area contributed by atoms with E-state index in [9.17, 15) is 9.59 Å². The third-order valence-electron chi connectivity index (χ3n) is 3.32. The quantitative estimate of drug-likeness (QED) is 0.833. The Kier molecular flexibility index (Phi) is 5.78. The van der Waals surface area contributed by atoms with Crippen LogP contribution in [-0.4, -0.2) is 36.3 Å². The number of nitrogens with zero attached hydrogens (tertiary/aromatic N) is 2. The first-order valence-electron chi connectivity index (χ1n) is 7.32. The predicted octanol–water partition coefficient (Wildman–Crippen LogP) is 1.39. The zero-order valence-corrected chi connectivity index (χ0v) is 13.8. The average Bonchev–Trinajstić information content (AvgIpc) is 2.58. The van der Waals surface area contributed by atoms with E-state index in [2.05, 4.69) is 15.6 Å². The van der Waals surface area contributed by atoms with Gasteiger partial charge in [0.25, 0.3) is 5.56 Å². The molecule has 0 saturated carbocycles. The lowest BCUT2D eigenvalue weighted by Crippen LogP contribution is -2.34. The second kappa shape index (κ2) is 8.00. The predicted molar refractivity (Wildman–Crippen MR) is 89.8 cm³/mol. The maximum absolute atomic E-state index is 11.9. The summed E-state index contributed by atoms with van der Waals surface area (Å²) in [4.78, 5) is 27.7. The zero-order valence-electron chi connectivity index (χ0n) is 13.8. The highest BCUT2D eigenvalue weighted by Crippen LogP contribution is 2.25. The van der Waals surface area contributed by atoms with Crippen molar-refractivity contribution in [2.75, 3.05) is 26.1 Å². The third-order valence-corrected chi connectivity index (χ3v) is 3.32. The van der Waals surface area contributed by atoms with E-state index < -0.39 is 0 Å². The van der Waals surface area contributed by atoms with Gasteiger partial charge in [0.2, 0.25) is 0 Å². The smallest absolute Gasteiger partial charge is 0.319 e. The minimum Gasteiger partial charge on any atom is -0.497 e. The molecule has 0 spiro atoms. The average molecular weight is 332 g/mol. The molecule has 0 aliphatic heterocycles. The van der Waals surface area contributed by atoms with E-state index in [4.69, 9.17) is 9.47 Å². The highest BCUT2D eigenvalue weighted by atomic mass is 16.5. The number of carbonyl (C=O) groups is 1. The molecule has 0 unspecified atom stereocenters. The summed E-state index contributed by atoms with van der Waals surface area (Å²) in [5.41, 5.74) is 0.980. The van der Waals surface area contributed by atoms with Crippen molar-refractivity contribution in [1.82, 2.24) is 14.9 Å². The Hall–Kier alpha value is -3.03. The zero-order chi connectivity index (χ0) is 17.5. The summed E-state index contributed by atoms with van der Waals surface area (Å²) in [7, 11) is 3.07. The number of benzene rings is 1. The molecule has 1 aromatic heterocycles. The van der Waals surface area contributed by atoms with E-state index in [1.165, 1.54) is 31.3 Å². The molecule has 0 fully saturated rings. The van der Waals surface area contributed by atoms with Gasteiger partial charge in [0.15, 0.2) is 0 Å². The molecular formula is C16H20N4O4. The van der Waals surface area contributed by atoms with E-state index in [0.29, 0.717) is 29.3 Å². The van der Waals surface area contributed by atoms with Crippen molar-refractivity contribution in [3.8, 4) is 11.5 Å². The van der Waals surface area contributed by atoms with Crippen LogP contribution in [-0.2, 0) is 6.54 Å². The van der Waals surface area contributed by atoms with Crippen LogP contribution in [0.4, 0.5) is 10.5 Å². The maximum atomic E-state index is 11.9. The fraction of sp³-hybridized carbons (Fsp3) is 0.312. The standard InChI is InChI=1S/C16H20N4O4/c1-11-9-17-10-20(15(11)21)5-4-18-16(22)19-12-6-13(23-2)8-14(7-12)24-3/h6-10H,4-5H2,1-3H3,(H2,18,19,22). The summed E-state index contributed by atoms with van der Waals surface area (Å²) < 4.78 is 11.7. The molecule has 1 aromatic carbocycles. The lowest BCUT2D eigenvalue weighted by Gasteiger charge is -2.11. The first-order valence-corrected chi connectivity index (χ1v) is 7.32. The van der Waals surface area contributed by atoms with Gasteiger partial charge in [-0.2, -0.15) is 0 Å².